The summed E-state index contributed by atoms with van der Waals surface area (Å²) in [6.45, 7) is 4.37. The van der Waals surface area contributed by atoms with Gasteiger partial charge < -0.3 is 18.6 Å². The number of fused-ring (bicyclic) bond motifs is 1. The van der Waals surface area contributed by atoms with E-state index >= 15 is 0 Å². The molecule has 21 heavy (non-hydrogen) atoms. The minimum atomic E-state index is -0.454. The van der Waals surface area contributed by atoms with Crippen LogP contribution >= 0.6 is 0 Å². The van der Waals surface area contributed by atoms with Crippen molar-refractivity contribution in [1.29, 1.82) is 0 Å². The van der Waals surface area contributed by atoms with Gasteiger partial charge in [0.25, 0.3) is 0 Å². The molecular weight excluding hydrogens is 272 g/mol. The van der Waals surface area contributed by atoms with Gasteiger partial charge in [0.15, 0.2) is 11.3 Å². The lowest BCUT2D eigenvalue weighted by molar-refractivity contribution is 0.320. The summed E-state index contributed by atoms with van der Waals surface area (Å²) in [4.78, 5) is 11.5. The molecule has 0 amide bonds. The van der Waals surface area contributed by atoms with Gasteiger partial charge in [-0.05, 0) is 26.0 Å². The molecule has 1 heterocycles. The molecule has 0 spiro atoms. The Balaban J connectivity index is 2.58. The van der Waals surface area contributed by atoms with Crippen LogP contribution in [0.2, 0.25) is 0 Å². The van der Waals surface area contributed by atoms with Crippen LogP contribution < -0.4 is 19.8 Å². The topological polar surface area (TPSA) is 57.9 Å². The standard InChI is InChI=1S/C16H18O5/c1-10(2)7-8-20-13-9-12(18-3)11-5-6-14(17)21-15(11)16(13)19-4/h5-7,9H,8H2,1-4H3. The van der Waals surface area contributed by atoms with Crippen LogP contribution in [0.1, 0.15) is 13.8 Å². The molecule has 0 fully saturated rings. The van der Waals surface area contributed by atoms with Gasteiger partial charge in [0, 0.05) is 12.1 Å². The Morgan fingerprint density at radius 3 is 2.57 bits per heavy atom. The van der Waals surface area contributed by atoms with Crippen molar-refractivity contribution in [2.75, 3.05) is 20.8 Å². The average molecular weight is 290 g/mol. The quantitative estimate of drug-likeness (QED) is 0.625. The minimum Gasteiger partial charge on any atom is -0.496 e. The number of methoxy groups -OCH3 is 2. The lowest BCUT2D eigenvalue weighted by Gasteiger charge is -2.13. The molecule has 1 aromatic heterocycles. The summed E-state index contributed by atoms with van der Waals surface area (Å²) < 4.78 is 21.6. The Bertz CT molecular complexity index is 723. The Labute approximate surface area is 122 Å². The smallest absolute Gasteiger partial charge is 0.336 e. The zero-order chi connectivity index (χ0) is 15.4. The van der Waals surface area contributed by atoms with Crippen molar-refractivity contribution >= 4 is 11.0 Å². The fraction of sp³-hybridized carbons (Fsp3) is 0.312. The summed E-state index contributed by atoms with van der Waals surface area (Å²) in [5.74, 6) is 1.40. The van der Waals surface area contributed by atoms with Crippen molar-refractivity contribution in [3.63, 3.8) is 0 Å². The Morgan fingerprint density at radius 2 is 1.95 bits per heavy atom. The van der Waals surface area contributed by atoms with Crippen LogP contribution in [-0.4, -0.2) is 20.8 Å². The van der Waals surface area contributed by atoms with E-state index in [2.05, 4.69) is 0 Å². The number of hydrogen-bond acceptors (Lipinski definition) is 5. The molecule has 0 bridgehead atoms. The van der Waals surface area contributed by atoms with Crippen LogP contribution in [0, 0.1) is 0 Å². The van der Waals surface area contributed by atoms with E-state index in [0.29, 0.717) is 34.8 Å². The summed E-state index contributed by atoms with van der Waals surface area (Å²) >= 11 is 0. The van der Waals surface area contributed by atoms with Gasteiger partial charge in [-0.25, -0.2) is 4.79 Å². The van der Waals surface area contributed by atoms with E-state index in [4.69, 9.17) is 18.6 Å². The van der Waals surface area contributed by atoms with E-state index in [1.54, 1.807) is 19.2 Å². The zero-order valence-corrected chi connectivity index (χ0v) is 12.6. The first kappa shape index (κ1) is 15.0. The molecule has 0 unspecified atom stereocenters. The van der Waals surface area contributed by atoms with Crippen LogP contribution in [0.5, 0.6) is 17.2 Å². The first-order valence-electron chi connectivity index (χ1n) is 6.51. The minimum absolute atomic E-state index is 0.316. The van der Waals surface area contributed by atoms with E-state index in [1.807, 2.05) is 19.9 Å². The Morgan fingerprint density at radius 1 is 1.19 bits per heavy atom. The van der Waals surface area contributed by atoms with Crippen LogP contribution in [0.15, 0.2) is 39.1 Å². The summed E-state index contributed by atoms with van der Waals surface area (Å²) in [7, 11) is 3.05. The number of hydrogen-bond donors (Lipinski definition) is 0. The van der Waals surface area contributed by atoms with E-state index in [0.717, 1.165) is 5.57 Å². The van der Waals surface area contributed by atoms with Gasteiger partial charge in [0.05, 0.1) is 19.6 Å². The molecule has 0 radical (unpaired) electrons. The molecule has 5 nitrogen and oxygen atoms in total. The lowest BCUT2D eigenvalue weighted by atomic mass is 10.2. The van der Waals surface area contributed by atoms with Gasteiger partial charge in [-0.15, -0.1) is 0 Å². The molecule has 112 valence electrons. The van der Waals surface area contributed by atoms with E-state index < -0.39 is 5.63 Å². The SMILES string of the molecule is COc1cc(OCC=C(C)C)c(OC)c2oc(=O)ccc12. The van der Waals surface area contributed by atoms with Gasteiger partial charge in [-0.3, -0.25) is 0 Å². The second kappa shape index (κ2) is 6.35. The largest absolute Gasteiger partial charge is 0.496 e. The molecule has 0 saturated carbocycles. The van der Waals surface area contributed by atoms with Crippen molar-refractivity contribution in [1.82, 2.24) is 0 Å². The maximum Gasteiger partial charge on any atom is 0.336 e. The predicted molar refractivity (Wildman–Crippen MR) is 80.5 cm³/mol. The van der Waals surface area contributed by atoms with Crippen LogP contribution in [0.3, 0.4) is 0 Å². The molecule has 0 aliphatic rings. The van der Waals surface area contributed by atoms with E-state index in [1.165, 1.54) is 13.2 Å². The van der Waals surface area contributed by atoms with Crippen molar-refractivity contribution in [2.45, 2.75) is 13.8 Å². The highest BCUT2D eigenvalue weighted by Gasteiger charge is 2.17. The molecule has 0 N–H and O–H groups in total. The van der Waals surface area contributed by atoms with Crippen LogP contribution in [-0.2, 0) is 0 Å². The molecule has 2 aromatic rings. The maximum atomic E-state index is 11.5. The summed E-state index contributed by atoms with van der Waals surface area (Å²) in [5.41, 5.74) is 1.01. The molecule has 2 rings (SSSR count). The molecule has 0 aliphatic carbocycles. The molecule has 0 aliphatic heterocycles. The molecule has 5 heteroatoms. The van der Waals surface area contributed by atoms with E-state index in [9.17, 15) is 4.79 Å². The first-order valence-corrected chi connectivity index (χ1v) is 6.51. The highest BCUT2D eigenvalue weighted by molar-refractivity contribution is 5.91. The highest BCUT2D eigenvalue weighted by atomic mass is 16.5. The van der Waals surface area contributed by atoms with E-state index in [-0.39, 0.29) is 0 Å². The van der Waals surface area contributed by atoms with Gasteiger partial charge >= 0.3 is 5.63 Å². The number of allylic oxidation sites excluding steroid dienone is 1. The zero-order valence-electron chi connectivity index (χ0n) is 12.6. The number of benzene rings is 1. The second-order valence-corrected chi connectivity index (χ2v) is 4.70. The molecule has 0 saturated heterocycles. The van der Waals surface area contributed by atoms with Gasteiger partial charge in [-0.1, -0.05) is 5.57 Å². The van der Waals surface area contributed by atoms with Crippen molar-refractivity contribution in [2.24, 2.45) is 0 Å². The summed E-state index contributed by atoms with van der Waals surface area (Å²) in [6.07, 6.45) is 1.94. The number of rotatable bonds is 5. The Hall–Kier alpha value is -2.43. The third-order valence-electron chi connectivity index (χ3n) is 2.95. The fourth-order valence-electron chi connectivity index (χ4n) is 1.92. The van der Waals surface area contributed by atoms with Gasteiger partial charge in [0.2, 0.25) is 5.75 Å². The molecule has 1 aromatic carbocycles. The van der Waals surface area contributed by atoms with Crippen molar-refractivity contribution in [3.05, 3.63) is 40.3 Å². The predicted octanol–water partition coefficient (Wildman–Crippen LogP) is 3.16. The summed E-state index contributed by atoms with van der Waals surface area (Å²) in [6, 6.07) is 4.70. The van der Waals surface area contributed by atoms with Crippen LogP contribution in [0.25, 0.3) is 11.0 Å². The van der Waals surface area contributed by atoms with Crippen molar-refractivity contribution in [3.8, 4) is 17.2 Å². The second-order valence-electron chi connectivity index (χ2n) is 4.70. The van der Waals surface area contributed by atoms with Gasteiger partial charge in [0.1, 0.15) is 12.4 Å². The average Bonchev–Trinajstić information content (AvgIpc) is 2.45. The lowest BCUT2D eigenvalue weighted by Crippen LogP contribution is -2.02. The Kier molecular flexibility index (Phi) is 4.52. The third kappa shape index (κ3) is 3.18. The van der Waals surface area contributed by atoms with Gasteiger partial charge in [-0.2, -0.15) is 0 Å². The number of ether oxygens (including phenoxy) is 3. The fourth-order valence-corrected chi connectivity index (χ4v) is 1.92. The molecular formula is C16H18O5. The summed E-state index contributed by atoms with van der Waals surface area (Å²) in [5, 5.41) is 0.656. The highest BCUT2D eigenvalue weighted by Crippen LogP contribution is 2.40. The maximum absolute atomic E-state index is 11.5. The molecule has 0 atom stereocenters. The van der Waals surface area contributed by atoms with Crippen LogP contribution in [0.4, 0.5) is 0 Å². The third-order valence-corrected chi connectivity index (χ3v) is 2.95. The monoisotopic (exact) mass is 290 g/mol. The normalized spacial score (nSPS) is 10.3. The first-order chi connectivity index (χ1) is 10.1. The van der Waals surface area contributed by atoms with Crippen molar-refractivity contribution < 1.29 is 18.6 Å².